The van der Waals surface area contributed by atoms with Gasteiger partial charge in [-0.3, -0.25) is 0 Å². The van der Waals surface area contributed by atoms with Gasteiger partial charge in [-0.25, -0.2) is 4.79 Å². The molecule has 19 heavy (non-hydrogen) atoms. The first-order valence-corrected chi connectivity index (χ1v) is 7.06. The molecule has 0 unspecified atom stereocenters. The lowest BCUT2D eigenvalue weighted by Crippen LogP contribution is -2.42. The maximum atomic E-state index is 12.1. The second-order valence-electron chi connectivity index (χ2n) is 5.52. The van der Waals surface area contributed by atoms with Crippen LogP contribution in [0.2, 0.25) is 5.02 Å². The Kier molecular flexibility index (Phi) is 4.48. The van der Waals surface area contributed by atoms with Crippen molar-refractivity contribution in [2.45, 2.75) is 32.3 Å². The average Bonchev–Trinajstić information content (AvgIpc) is 2.40. The van der Waals surface area contributed by atoms with E-state index in [0.29, 0.717) is 16.5 Å². The summed E-state index contributed by atoms with van der Waals surface area (Å²) < 4.78 is 5.69. The average molecular weight is 282 g/mol. The lowest BCUT2D eigenvalue weighted by atomic mass is 9.83. The molecule has 1 aliphatic rings. The van der Waals surface area contributed by atoms with Gasteiger partial charge in [0.1, 0.15) is 5.60 Å². The number of piperidine rings is 1. The largest absolute Gasteiger partial charge is 0.456 e. The summed E-state index contributed by atoms with van der Waals surface area (Å²) in [7, 11) is 0. The number of benzene rings is 1. The monoisotopic (exact) mass is 281 g/mol. The number of nitrogens with one attached hydrogen (secondary N) is 1. The number of carbonyl (C=O) groups is 1. The van der Waals surface area contributed by atoms with Gasteiger partial charge in [-0.05, 0) is 64.0 Å². The van der Waals surface area contributed by atoms with Crippen molar-refractivity contribution in [3.8, 4) is 0 Å². The molecule has 1 N–H and O–H groups in total. The Bertz CT molecular complexity index is 436. The molecule has 0 amide bonds. The molecule has 0 aliphatic carbocycles. The highest BCUT2D eigenvalue weighted by Gasteiger charge is 2.34. The SMILES string of the molecule is CC(C)(OC(=O)c1ccc(Cl)cc1)C1CCNCC1. The molecule has 1 aliphatic heterocycles. The fourth-order valence-corrected chi connectivity index (χ4v) is 2.61. The Morgan fingerprint density at radius 3 is 2.42 bits per heavy atom. The molecule has 104 valence electrons. The van der Waals surface area contributed by atoms with E-state index in [-0.39, 0.29) is 5.97 Å². The van der Waals surface area contributed by atoms with Crippen LogP contribution in [0.5, 0.6) is 0 Å². The Morgan fingerprint density at radius 2 is 1.84 bits per heavy atom. The first kappa shape index (κ1) is 14.4. The maximum Gasteiger partial charge on any atom is 0.338 e. The molecule has 1 heterocycles. The van der Waals surface area contributed by atoms with Crippen molar-refractivity contribution in [1.82, 2.24) is 5.32 Å². The number of carbonyl (C=O) groups excluding carboxylic acids is 1. The van der Waals surface area contributed by atoms with Crippen LogP contribution in [-0.4, -0.2) is 24.7 Å². The van der Waals surface area contributed by atoms with Crippen molar-refractivity contribution in [1.29, 1.82) is 0 Å². The minimum atomic E-state index is -0.432. The minimum Gasteiger partial charge on any atom is -0.456 e. The predicted molar refractivity (Wildman–Crippen MR) is 76.5 cm³/mol. The molecule has 1 aromatic carbocycles. The van der Waals surface area contributed by atoms with Crippen molar-refractivity contribution >= 4 is 17.6 Å². The van der Waals surface area contributed by atoms with Crippen LogP contribution in [0.25, 0.3) is 0 Å². The molecule has 1 saturated heterocycles. The summed E-state index contributed by atoms with van der Waals surface area (Å²) in [6.07, 6.45) is 2.09. The van der Waals surface area contributed by atoms with E-state index in [4.69, 9.17) is 16.3 Å². The van der Waals surface area contributed by atoms with Crippen LogP contribution >= 0.6 is 11.6 Å². The predicted octanol–water partition coefficient (Wildman–Crippen LogP) is 3.28. The van der Waals surface area contributed by atoms with E-state index in [0.717, 1.165) is 25.9 Å². The summed E-state index contributed by atoms with van der Waals surface area (Å²) in [5, 5.41) is 3.94. The summed E-state index contributed by atoms with van der Waals surface area (Å²) >= 11 is 5.81. The van der Waals surface area contributed by atoms with Crippen molar-refractivity contribution in [3.05, 3.63) is 34.9 Å². The molecule has 1 aromatic rings. The lowest BCUT2D eigenvalue weighted by molar-refractivity contribution is -0.0368. The van der Waals surface area contributed by atoms with Crippen molar-refractivity contribution in [2.24, 2.45) is 5.92 Å². The minimum absolute atomic E-state index is 0.278. The Labute approximate surface area is 119 Å². The maximum absolute atomic E-state index is 12.1. The van der Waals surface area contributed by atoms with E-state index in [1.165, 1.54) is 0 Å². The Hall–Kier alpha value is -1.06. The molecule has 0 saturated carbocycles. The van der Waals surface area contributed by atoms with Gasteiger partial charge < -0.3 is 10.1 Å². The van der Waals surface area contributed by atoms with Crippen LogP contribution in [0.3, 0.4) is 0 Å². The van der Waals surface area contributed by atoms with E-state index in [9.17, 15) is 4.79 Å². The fraction of sp³-hybridized carbons (Fsp3) is 0.533. The van der Waals surface area contributed by atoms with Crippen LogP contribution in [0.4, 0.5) is 0 Å². The van der Waals surface area contributed by atoms with Gasteiger partial charge in [0.25, 0.3) is 0 Å². The lowest BCUT2D eigenvalue weighted by Gasteiger charge is -2.36. The van der Waals surface area contributed by atoms with E-state index in [2.05, 4.69) is 5.32 Å². The van der Waals surface area contributed by atoms with Crippen molar-refractivity contribution < 1.29 is 9.53 Å². The van der Waals surface area contributed by atoms with Crippen LogP contribution in [0.1, 0.15) is 37.0 Å². The van der Waals surface area contributed by atoms with Gasteiger partial charge in [-0.2, -0.15) is 0 Å². The number of hydrogen-bond acceptors (Lipinski definition) is 3. The van der Waals surface area contributed by atoms with E-state index in [1.807, 2.05) is 13.8 Å². The highest BCUT2D eigenvalue weighted by atomic mass is 35.5. The summed E-state index contributed by atoms with van der Waals surface area (Å²) in [4.78, 5) is 12.1. The van der Waals surface area contributed by atoms with E-state index in [1.54, 1.807) is 24.3 Å². The molecular formula is C15H20ClNO2. The fourth-order valence-electron chi connectivity index (χ4n) is 2.48. The van der Waals surface area contributed by atoms with Crippen LogP contribution in [0.15, 0.2) is 24.3 Å². The van der Waals surface area contributed by atoms with Gasteiger partial charge in [0.05, 0.1) is 5.56 Å². The molecule has 2 rings (SSSR count). The number of rotatable bonds is 3. The molecule has 0 atom stereocenters. The Balaban J connectivity index is 2.02. The molecule has 0 bridgehead atoms. The first-order chi connectivity index (χ1) is 8.99. The molecule has 4 heteroatoms. The third-order valence-corrected chi connectivity index (χ3v) is 4.01. The highest BCUT2D eigenvalue weighted by Crippen LogP contribution is 2.29. The van der Waals surface area contributed by atoms with Gasteiger partial charge in [0, 0.05) is 10.9 Å². The van der Waals surface area contributed by atoms with Crippen LogP contribution in [0, 0.1) is 5.92 Å². The van der Waals surface area contributed by atoms with Crippen LogP contribution in [-0.2, 0) is 4.74 Å². The molecule has 1 fully saturated rings. The molecule has 0 radical (unpaired) electrons. The summed E-state index contributed by atoms with van der Waals surface area (Å²) in [6.45, 7) is 5.98. The zero-order valence-corrected chi connectivity index (χ0v) is 12.2. The topological polar surface area (TPSA) is 38.3 Å². The molecule has 3 nitrogen and oxygen atoms in total. The van der Waals surface area contributed by atoms with Crippen LogP contribution < -0.4 is 5.32 Å². The zero-order chi connectivity index (χ0) is 13.9. The number of hydrogen-bond donors (Lipinski definition) is 1. The van der Waals surface area contributed by atoms with E-state index >= 15 is 0 Å². The first-order valence-electron chi connectivity index (χ1n) is 6.69. The normalized spacial score (nSPS) is 17.2. The van der Waals surface area contributed by atoms with Crippen molar-refractivity contribution in [3.63, 3.8) is 0 Å². The molecule has 0 spiro atoms. The number of halogens is 1. The zero-order valence-electron chi connectivity index (χ0n) is 11.4. The number of esters is 1. The quantitative estimate of drug-likeness (QED) is 0.864. The summed E-state index contributed by atoms with van der Waals surface area (Å²) in [5.41, 5.74) is 0.116. The Morgan fingerprint density at radius 1 is 1.26 bits per heavy atom. The van der Waals surface area contributed by atoms with Gasteiger partial charge in [-0.15, -0.1) is 0 Å². The second-order valence-corrected chi connectivity index (χ2v) is 5.96. The molecular weight excluding hydrogens is 262 g/mol. The number of ether oxygens (including phenoxy) is 1. The van der Waals surface area contributed by atoms with Gasteiger partial charge in [0.2, 0.25) is 0 Å². The van der Waals surface area contributed by atoms with Gasteiger partial charge in [-0.1, -0.05) is 11.6 Å². The second kappa shape index (κ2) is 5.93. The third kappa shape index (κ3) is 3.71. The summed E-state index contributed by atoms with van der Waals surface area (Å²) in [6, 6.07) is 6.80. The summed E-state index contributed by atoms with van der Waals surface area (Å²) in [5.74, 6) is 0.130. The molecule has 0 aromatic heterocycles. The highest BCUT2D eigenvalue weighted by molar-refractivity contribution is 6.30. The van der Waals surface area contributed by atoms with Gasteiger partial charge >= 0.3 is 5.97 Å². The standard InChI is InChI=1S/C15H20ClNO2/c1-15(2,12-7-9-17-10-8-12)19-14(18)11-3-5-13(16)6-4-11/h3-6,12,17H,7-10H2,1-2H3. The van der Waals surface area contributed by atoms with Gasteiger partial charge in [0.15, 0.2) is 0 Å². The third-order valence-electron chi connectivity index (χ3n) is 3.76. The van der Waals surface area contributed by atoms with E-state index < -0.39 is 5.60 Å². The smallest absolute Gasteiger partial charge is 0.338 e. The van der Waals surface area contributed by atoms with Crippen molar-refractivity contribution in [2.75, 3.05) is 13.1 Å².